The van der Waals surface area contributed by atoms with Gasteiger partial charge in [0.15, 0.2) is 10.6 Å². The van der Waals surface area contributed by atoms with Crippen LogP contribution in [0.3, 0.4) is 0 Å². The molecule has 13 heteroatoms. The van der Waals surface area contributed by atoms with Crippen molar-refractivity contribution in [3.63, 3.8) is 0 Å². The van der Waals surface area contributed by atoms with Gasteiger partial charge >= 0.3 is 12.4 Å². The zero-order valence-electron chi connectivity index (χ0n) is 25.7. The average Bonchev–Trinajstić information content (AvgIpc) is 3.66. The van der Waals surface area contributed by atoms with Crippen LogP contribution in [-0.4, -0.2) is 45.0 Å². The minimum Gasteiger partial charge on any atom is -0.497 e. The Morgan fingerprint density at radius 1 is 1.00 bits per heavy atom. The molecule has 0 fully saturated rings. The molecular formula is C33H31F3N6O3S. The smallest absolute Gasteiger partial charge is 0.497 e. The first-order valence-electron chi connectivity index (χ1n) is 14.3. The third-order valence-electron chi connectivity index (χ3n) is 7.10. The van der Waals surface area contributed by atoms with Crippen LogP contribution in [0.1, 0.15) is 49.4 Å². The minimum atomic E-state index is -4.76. The number of rotatable bonds is 8. The van der Waals surface area contributed by atoms with E-state index in [1.165, 1.54) is 46.6 Å². The van der Waals surface area contributed by atoms with E-state index in [-0.39, 0.29) is 17.6 Å². The molecule has 1 atom stereocenters. The summed E-state index contributed by atoms with van der Waals surface area (Å²) in [7, 11) is 1.62. The number of thiazole rings is 1. The minimum absolute atomic E-state index is 0.181. The monoisotopic (exact) mass is 648 g/mol. The number of hydrogen-bond acceptors (Lipinski definition) is 6. The summed E-state index contributed by atoms with van der Waals surface area (Å²) < 4.78 is 50.1. The summed E-state index contributed by atoms with van der Waals surface area (Å²) in [6.45, 7) is 8.11. The van der Waals surface area contributed by atoms with Crippen molar-refractivity contribution in [1.29, 1.82) is 0 Å². The Bertz CT molecular complexity index is 1920. The van der Waals surface area contributed by atoms with Crippen LogP contribution in [0.4, 0.5) is 18.0 Å². The number of methoxy groups -OCH3 is 1. The number of halogens is 3. The van der Waals surface area contributed by atoms with E-state index in [1.54, 1.807) is 13.3 Å². The molecule has 0 aliphatic carbocycles. The van der Waals surface area contributed by atoms with Crippen LogP contribution >= 0.6 is 11.3 Å². The van der Waals surface area contributed by atoms with E-state index in [1.807, 2.05) is 66.3 Å². The van der Waals surface area contributed by atoms with Crippen molar-refractivity contribution >= 4 is 23.6 Å². The van der Waals surface area contributed by atoms with E-state index in [0.717, 1.165) is 28.1 Å². The highest BCUT2D eigenvalue weighted by molar-refractivity contribution is 7.07. The fourth-order valence-corrected chi connectivity index (χ4v) is 5.58. The van der Waals surface area contributed by atoms with E-state index in [4.69, 9.17) is 4.74 Å². The SMILES string of the molecule is COc1ccc(C(C)C)c(-n2c(C)csc2=NC(=O)N=CC(C)c2ccc(-c3ncn(-c4ccc(OC(F)(F)F)cc4)n3)cc2)c1. The molecule has 2 aromatic heterocycles. The molecule has 0 spiro atoms. The van der Waals surface area contributed by atoms with Crippen molar-refractivity contribution < 1.29 is 27.4 Å². The Kier molecular flexibility index (Phi) is 9.52. The highest BCUT2D eigenvalue weighted by atomic mass is 32.1. The highest BCUT2D eigenvalue weighted by Gasteiger charge is 2.31. The summed E-state index contributed by atoms with van der Waals surface area (Å²) in [6.07, 6.45) is -1.72. The Labute approximate surface area is 267 Å². The Morgan fingerprint density at radius 3 is 2.35 bits per heavy atom. The normalized spacial score (nSPS) is 13.0. The molecule has 0 N–H and O–H groups in total. The summed E-state index contributed by atoms with van der Waals surface area (Å²) in [5.74, 6) is 0.896. The van der Waals surface area contributed by atoms with Gasteiger partial charge in [-0.25, -0.2) is 19.5 Å². The lowest BCUT2D eigenvalue weighted by Crippen LogP contribution is -2.18. The van der Waals surface area contributed by atoms with Crippen LogP contribution in [0.2, 0.25) is 0 Å². The van der Waals surface area contributed by atoms with Crippen molar-refractivity contribution in [1.82, 2.24) is 19.3 Å². The number of hydrogen-bond donors (Lipinski definition) is 0. The molecule has 5 rings (SSSR count). The molecule has 0 radical (unpaired) electrons. The third-order valence-corrected chi connectivity index (χ3v) is 8.04. The van der Waals surface area contributed by atoms with Gasteiger partial charge in [0, 0.05) is 34.8 Å². The highest BCUT2D eigenvalue weighted by Crippen LogP contribution is 2.28. The van der Waals surface area contributed by atoms with E-state index < -0.39 is 12.4 Å². The van der Waals surface area contributed by atoms with Gasteiger partial charge in [-0.1, -0.05) is 51.1 Å². The van der Waals surface area contributed by atoms with Gasteiger partial charge in [0.2, 0.25) is 0 Å². The lowest BCUT2D eigenvalue weighted by atomic mass is 10.0. The number of carbonyl (C=O) groups excluding carboxylic acids is 1. The first kappa shape index (κ1) is 32.4. The number of amides is 2. The van der Waals surface area contributed by atoms with Crippen LogP contribution in [0, 0.1) is 6.92 Å². The Hall–Kier alpha value is -5.04. The fraction of sp³-hybridized carbons (Fsp3) is 0.242. The Morgan fingerprint density at radius 2 is 1.70 bits per heavy atom. The maximum absolute atomic E-state index is 12.8. The number of aryl methyl sites for hydroxylation is 1. The van der Waals surface area contributed by atoms with Gasteiger partial charge in [-0.15, -0.1) is 29.6 Å². The van der Waals surface area contributed by atoms with E-state index in [2.05, 4.69) is 38.7 Å². The zero-order chi connectivity index (χ0) is 33.0. The molecule has 1 unspecified atom stereocenters. The van der Waals surface area contributed by atoms with Crippen LogP contribution in [0.5, 0.6) is 11.5 Å². The number of ether oxygens (including phenoxy) is 2. The maximum Gasteiger partial charge on any atom is 0.573 e. The second-order valence-corrected chi connectivity index (χ2v) is 11.5. The molecule has 238 valence electrons. The molecule has 0 aliphatic rings. The summed E-state index contributed by atoms with van der Waals surface area (Å²) in [6, 6.07) is 18.1. The molecule has 2 amide bonds. The summed E-state index contributed by atoms with van der Waals surface area (Å²) in [5.41, 5.74) is 5.14. The van der Waals surface area contributed by atoms with Crippen LogP contribution in [0.15, 0.2) is 88.4 Å². The van der Waals surface area contributed by atoms with Gasteiger partial charge in [0.25, 0.3) is 0 Å². The standard InChI is InChI=1S/C33H31F3N6O3S/c1-20(2)28-15-14-27(44-5)16-29(28)42-22(4)18-46-32(42)39-31(43)37-17-21(3)23-6-8-24(9-7-23)30-38-19-41(40-30)25-10-12-26(13-11-25)45-33(34,35)36/h6-21H,1-5H3. The Balaban J connectivity index is 1.28. The molecule has 5 aromatic rings. The summed E-state index contributed by atoms with van der Waals surface area (Å²) in [4.78, 5) is 26.1. The average molecular weight is 649 g/mol. The fourth-order valence-electron chi connectivity index (χ4n) is 4.72. The van der Waals surface area contributed by atoms with E-state index in [9.17, 15) is 18.0 Å². The molecule has 0 bridgehead atoms. The molecule has 0 aliphatic heterocycles. The quantitative estimate of drug-likeness (QED) is 0.159. The molecular weight excluding hydrogens is 617 g/mol. The van der Waals surface area contributed by atoms with Gasteiger partial charge in [0.1, 0.15) is 17.8 Å². The molecule has 46 heavy (non-hydrogen) atoms. The number of aromatic nitrogens is 4. The number of nitrogens with zero attached hydrogens (tertiary/aromatic N) is 6. The largest absolute Gasteiger partial charge is 0.573 e. The van der Waals surface area contributed by atoms with Gasteiger partial charge in [0.05, 0.1) is 18.5 Å². The first-order chi connectivity index (χ1) is 21.9. The summed E-state index contributed by atoms with van der Waals surface area (Å²) >= 11 is 1.37. The molecule has 9 nitrogen and oxygen atoms in total. The topological polar surface area (TPSA) is 95.9 Å². The summed E-state index contributed by atoms with van der Waals surface area (Å²) in [5, 5.41) is 6.38. The van der Waals surface area contributed by atoms with Crippen molar-refractivity contribution in [2.75, 3.05) is 7.11 Å². The maximum atomic E-state index is 12.8. The van der Waals surface area contributed by atoms with Crippen molar-refractivity contribution in [2.45, 2.75) is 45.9 Å². The van der Waals surface area contributed by atoms with Gasteiger partial charge < -0.3 is 9.47 Å². The second kappa shape index (κ2) is 13.5. The van der Waals surface area contributed by atoms with Crippen molar-refractivity contribution in [3.8, 4) is 34.3 Å². The van der Waals surface area contributed by atoms with Crippen molar-refractivity contribution in [3.05, 3.63) is 100 Å². The molecule has 0 saturated heterocycles. The lowest BCUT2D eigenvalue weighted by molar-refractivity contribution is -0.274. The number of carbonyl (C=O) groups is 1. The van der Waals surface area contributed by atoms with Crippen LogP contribution in [-0.2, 0) is 0 Å². The van der Waals surface area contributed by atoms with Gasteiger partial charge in [-0.2, -0.15) is 4.99 Å². The number of alkyl halides is 3. The third kappa shape index (κ3) is 7.60. The van der Waals surface area contributed by atoms with Crippen molar-refractivity contribution in [2.24, 2.45) is 9.98 Å². The van der Waals surface area contributed by atoms with Crippen LogP contribution in [0.25, 0.3) is 22.8 Å². The second-order valence-electron chi connectivity index (χ2n) is 10.7. The van der Waals surface area contributed by atoms with Crippen LogP contribution < -0.4 is 14.3 Å². The number of urea groups is 1. The first-order valence-corrected chi connectivity index (χ1v) is 15.2. The molecule has 3 aromatic carbocycles. The number of aliphatic imine (C=N–C) groups is 1. The van der Waals surface area contributed by atoms with E-state index in [0.29, 0.717) is 22.1 Å². The number of benzene rings is 3. The molecule has 0 saturated carbocycles. The van der Waals surface area contributed by atoms with E-state index >= 15 is 0 Å². The zero-order valence-corrected chi connectivity index (χ0v) is 26.5. The lowest BCUT2D eigenvalue weighted by Gasteiger charge is -2.16. The predicted octanol–water partition coefficient (Wildman–Crippen LogP) is 8.02. The van der Waals surface area contributed by atoms with Gasteiger partial charge in [-0.3, -0.25) is 4.57 Å². The molecule has 2 heterocycles. The van der Waals surface area contributed by atoms with Gasteiger partial charge in [-0.05, 0) is 54.3 Å². The predicted molar refractivity (Wildman–Crippen MR) is 170 cm³/mol.